The minimum absolute atomic E-state index is 0.0974. The molecule has 1 atom stereocenters. The van der Waals surface area contributed by atoms with Crippen molar-refractivity contribution >= 4 is 16.5 Å². The molecule has 0 amide bonds. The highest BCUT2D eigenvalue weighted by atomic mass is 32.2. The van der Waals surface area contributed by atoms with Crippen molar-refractivity contribution in [3.63, 3.8) is 0 Å². The molecule has 0 radical (unpaired) electrons. The Hall–Kier alpha value is -1.65. The molecule has 0 bridgehead atoms. The van der Waals surface area contributed by atoms with Crippen molar-refractivity contribution in [1.82, 2.24) is 0 Å². The number of nitrogens with one attached hydrogen (secondary N) is 1. The fourth-order valence-corrected chi connectivity index (χ4v) is 2.89. The number of hydrogen-bond acceptors (Lipinski definition) is 3. The first-order valence-electron chi connectivity index (χ1n) is 6.16. The van der Waals surface area contributed by atoms with E-state index in [9.17, 15) is 4.21 Å². The lowest BCUT2D eigenvalue weighted by Gasteiger charge is -2.07. The molecular weight excluding hydrogens is 258 g/mol. The molecule has 4 heteroatoms. The molecule has 0 fully saturated rings. The molecule has 0 spiro atoms. The first kappa shape index (κ1) is 13.8. The summed E-state index contributed by atoms with van der Waals surface area (Å²) in [5.41, 5.74) is 1.96. The smallest absolute Gasteiger partial charge is 0.0604 e. The molecule has 0 saturated heterocycles. The Morgan fingerprint density at radius 3 is 2.58 bits per heavy atom. The van der Waals surface area contributed by atoms with Gasteiger partial charge < -0.3 is 10.4 Å². The monoisotopic (exact) mass is 275 g/mol. The average Bonchev–Trinajstić information content (AvgIpc) is 2.46. The van der Waals surface area contributed by atoms with Crippen LogP contribution in [0.25, 0.3) is 0 Å². The summed E-state index contributed by atoms with van der Waals surface area (Å²) in [6, 6.07) is 17.3. The molecule has 19 heavy (non-hydrogen) atoms. The molecule has 2 aromatic rings. The van der Waals surface area contributed by atoms with Gasteiger partial charge in [0.2, 0.25) is 0 Å². The molecule has 0 aliphatic carbocycles. The Morgan fingerprint density at radius 2 is 1.84 bits per heavy atom. The van der Waals surface area contributed by atoms with Crippen LogP contribution in [0.3, 0.4) is 0 Å². The van der Waals surface area contributed by atoms with E-state index >= 15 is 0 Å². The summed E-state index contributed by atoms with van der Waals surface area (Å²) >= 11 is 0. The third-order valence-electron chi connectivity index (χ3n) is 2.67. The predicted molar refractivity (Wildman–Crippen MR) is 78.6 cm³/mol. The van der Waals surface area contributed by atoms with Gasteiger partial charge in [0.1, 0.15) is 0 Å². The van der Waals surface area contributed by atoms with Crippen molar-refractivity contribution < 1.29 is 9.32 Å². The summed E-state index contributed by atoms with van der Waals surface area (Å²) in [5, 5.41) is 11.9. The van der Waals surface area contributed by atoms with Gasteiger partial charge in [-0.2, -0.15) is 0 Å². The van der Waals surface area contributed by atoms with Gasteiger partial charge in [0.25, 0.3) is 0 Å². The molecule has 0 heterocycles. The molecule has 2 aromatic carbocycles. The Bertz CT molecular complexity index is 543. The van der Waals surface area contributed by atoms with Gasteiger partial charge in [-0.25, -0.2) is 0 Å². The maximum atomic E-state index is 12.2. The van der Waals surface area contributed by atoms with Crippen molar-refractivity contribution in [3.05, 3.63) is 60.2 Å². The van der Waals surface area contributed by atoms with E-state index in [1.165, 1.54) is 0 Å². The zero-order chi connectivity index (χ0) is 13.5. The average molecular weight is 275 g/mol. The number of anilines is 1. The Kier molecular flexibility index (Phi) is 5.12. The standard InChI is InChI=1S/C15H17NO2S/c17-10-9-16-14-6-4-5-13(11-14)12-19(18)15-7-2-1-3-8-15/h1-8,11,16-17H,9-10,12H2. The van der Waals surface area contributed by atoms with E-state index in [2.05, 4.69) is 5.32 Å². The van der Waals surface area contributed by atoms with Crippen molar-refractivity contribution in [1.29, 1.82) is 0 Å². The van der Waals surface area contributed by atoms with Gasteiger partial charge in [-0.1, -0.05) is 30.3 Å². The molecule has 1 unspecified atom stereocenters. The van der Waals surface area contributed by atoms with Gasteiger partial charge in [0.05, 0.1) is 23.2 Å². The maximum Gasteiger partial charge on any atom is 0.0604 e. The van der Waals surface area contributed by atoms with E-state index in [0.717, 1.165) is 16.1 Å². The fraction of sp³-hybridized carbons (Fsp3) is 0.200. The van der Waals surface area contributed by atoms with Crippen LogP contribution in [-0.2, 0) is 16.6 Å². The topological polar surface area (TPSA) is 49.3 Å². The SMILES string of the molecule is O=S(Cc1cccc(NCCO)c1)c1ccccc1. The van der Waals surface area contributed by atoms with Crippen molar-refractivity contribution in [3.8, 4) is 0 Å². The third kappa shape index (κ3) is 4.19. The highest BCUT2D eigenvalue weighted by molar-refractivity contribution is 7.84. The third-order valence-corrected chi connectivity index (χ3v) is 4.07. The summed E-state index contributed by atoms with van der Waals surface area (Å²) < 4.78 is 12.2. The molecule has 0 aliphatic rings. The Balaban J connectivity index is 2.05. The van der Waals surface area contributed by atoms with Crippen LogP contribution in [-0.4, -0.2) is 22.5 Å². The van der Waals surface area contributed by atoms with Crippen LogP contribution in [0.4, 0.5) is 5.69 Å². The normalized spacial score (nSPS) is 12.1. The van der Waals surface area contributed by atoms with Gasteiger partial charge in [0, 0.05) is 17.1 Å². The second kappa shape index (κ2) is 7.07. The van der Waals surface area contributed by atoms with Crippen molar-refractivity contribution in [2.24, 2.45) is 0 Å². The highest BCUT2D eigenvalue weighted by Crippen LogP contribution is 2.15. The summed E-state index contributed by atoms with van der Waals surface area (Å²) in [5.74, 6) is 0.499. The summed E-state index contributed by atoms with van der Waals surface area (Å²) in [7, 11) is -1.03. The van der Waals surface area contributed by atoms with Crippen LogP contribution in [0.5, 0.6) is 0 Å². The first-order valence-corrected chi connectivity index (χ1v) is 7.48. The zero-order valence-corrected chi connectivity index (χ0v) is 11.4. The summed E-state index contributed by atoms with van der Waals surface area (Å²) in [6.45, 7) is 0.616. The minimum atomic E-state index is -1.03. The molecule has 3 nitrogen and oxygen atoms in total. The van der Waals surface area contributed by atoms with E-state index in [1.807, 2.05) is 54.6 Å². The van der Waals surface area contributed by atoms with Gasteiger partial charge in [-0.3, -0.25) is 4.21 Å². The van der Waals surface area contributed by atoms with Crippen LogP contribution in [0.2, 0.25) is 0 Å². The van der Waals surface area contributed by atoms with Crippen LogP contribution in [0.1, 0.15) is 5.56 Å². The van der Waals surface area contributed by atoms with E-state index in [4.69, 9.17) is 5.11 Å². The number of hydrogen-bond donors (Lipinski definition) is 2. The van der Waals surface area contributed by atoms with Crippen LogP contribution in [0, 0.1) is 0 Å². The maximum absolute atomic E-state index is 12.2. The van der Waals surface area contributed by atoms with Gasteiger partial charge >= 0.3 is 0 Å². The van der Waals surface area contributed by atoms with Crippen LogP contribution in [0.15, 0.2) is 59.5 Å². The molecule has 0 aromatic heterocycles. The second-order valence-corrected chi connectivity index (χ2v) is 5.60. The Labute approximate surface area is 115 Å². The summed E-state index contributed by atoms with van der Waals surface area (Å²) in [6.07, 6.45) is 0. The predicted octanol–water partition coefficient (Wildman–Crippen LogP) is 2.40. The summed E-state index contributed by atoms with van der Waals surface area (Å²) in [4.78, 5) is 0.844. The molecule has 2 N–H and O–H groups in total. The lowest BCUT2D eigenvalue weighted by atomic mass is 10.2. The van der Waals surface area contributed by atoms with Gasteiger partial charge in [-0.15, -0.1) is 0 Å². The van der Waals surface area contributed by atoms with Gasteiger partial charge in [-0.05, 0) is 29.8 Å². The van der Waals surface area contributed by atoms with Crippen molar-refractivity contribution in [2.75, 3.05) is 18.5 Å². The second-order valence-electron chi connectivity index (χ2n) is 4.15. The first-order chi connectivity index (χ1) is 9.29. The number of aliphatic hydroxyl groups excluding tert-OH is 1. The van der Waals surface area contributed by atoms with E-state index < -0.39 is 10.8 Å². The number of aliphatic hydroxyl groups is 1. The number of benzene rings is 2. The molecule has 0 saturated carbocycles. The zero-order valence-electron chi connectivity index (χ0n) is 10.6. The van der Waals surface area contributed by atoms with Crippen LogP contribution < -0.4 is 5.32 Å². The molecule has 0 aliphatic heterocycles. The quantitative estimate of drug-likeness (QED) is 0.851. The molecular formula is C15H17NO2S. The number of rotatable bonds is 6. The highest BCUT2D eigenvalue weighted by Gasteiger charge is 2.05. The minimum Gasteiger partial charge on any atom is -0.395 e. The van der Waals surface area contributed by atoms with Crippen molar-refractivity contribution in [2.45, 2.75) is 10.6 Å². The van der Waals surface area contributed by atoms with E-state index in [1.54, 1.807) is 0 Å². The fourth-order valence-electron chi connectivity index (χ4n) is 1.78. The Morgan fingerprint density at radius 1 is 1.05 bits per heavy atom. The van der Waals surface area contributed by atoms with Gasteiger partial charge in [0.15, 0.2) is 0 Å². The lowest BCUT2D eigenvalue weighted by Crippen LogP contribution is -2.05. The van der Waals surface area contributed by atoms with Crippen LogP contribution >= 0.6 is 0 Å². The lowest BCUT2D eigenvalue weighted by molar-refractivity contribution is 0.311. The van der Waals surface area contributed by atoms with E-state index in [0.29, 0.717) is 12.3 Å². The van der Waals surface area contributed by atoms with E-state index in [-0.39, 0.29) is 6.61 Å². The molecule has 2 rings (SSSR count). The largest absolute Gasteiger partial charge is 0.395 e. The molecule has 100 valence electrons.